The van der Waals surface area contributed by atoms with E-state index in [1.54, 1.807) is 0 Å². The molecule has 1 aromatic rings. The van der Waals surface area contributed by atoms with E-state index >= 15 is 0 Å². The molecule has 0 saturated heterocycles. The van der Waals surface area contributed by atoms with Crippen molar-refractivity contribution in [2.45, 2.75) is 31.8 Å². The molecule has 0 unspecified atom stereocenters. The van der Waals surface area contributed by atoms with Gasteiger partial charge in [-0.3, -0.25) is 0 Å². The largest absolute Gasteiger partial charge is 0.324 e. The van der Waals surface area contributed by atoms with Gasteiger partial charge in [0, 0.05) is 23.1 Å². The van der Waals surface area contributed by atoms with Gasteiger partial charge in [-0.1, -0.05) is 22.0 Å². The fourth-order valence-electron chi connectivity index (χ4n) is 1.61. The number of halogens is 1. The molecule has 0 aromatic heterocycles. The lowest BCUT2D eigenvalue weighted by atomic mass is 10.1. The Labute approximate surface area is 99.4 Å². The summed E-state index contributed by atoms with van der Waals surface area (Å²) in [6, 6.07) is 6.37. The van der Waals surface area contributed by atoms with Crippen LogP contribution in [0, 0.1) is 6.92 Å². The van der Waals surface area contributed by atoms with Gasteiger partial charge in [0.2, 0.25) is 0 Å². The number of hydrogen-bond donors (Lipinski definition) is 2. The first-order chi connectivity index (χ1) is 7.09. The van der Waals surface area contributed by atoms with Gasteiger partial charge in [-0.25, -0.2) is 0 Å². The van der Waals surface area contributed by atoms with Crippen molar-refractivity contribution in [2.75, 3.05) is 6.54 Å². The molecule has 15 heavy (non-hydrogen) atoms. The molecule has 0 amide bonds. The van der Waals surface area contributed by atoms with Gasteiger partial charge in [0.15, 0.2) is 0 Å². The summed E-state index contributed by atoms with van der Waals surface area (Å²) < 4.78 is 1.14. The Balaban J connectivity index is 1.89. The van der Waals surface area contributed by atoms with Crippen LogP contribution in [0.2, 0.25) is 0 Å². The number of nitrogens with two attached hydrogens (primary N) is 1. The van der Waals surface area contributed by atoms with Crippen LogP contribution >= 0.6 is 15.9 Å². The van der Waals surface area contributed by atoms with Crippen molar-refractivity contribution in [3.05, 3.63) is 33.8 Å². The number of nitrogens with one attached hydrogen (secondary N) is 1. The van der Waals surface area contributed by atoms with E-state index in [0.29, 0.717) is 0 Å². The second-order valence-corrected chi connectivity index (χ2v) is 5.45. The summed E-state index contributed by atoms with van der Waals surface area (Å²) in [5.74, 6) is 0. The van der Waals surface area contributed by atoms with Gasteiger partial charge in [-0.15, -0.1) is 0 Å². The Hall–Kier alpha value is -0.380. The number of benzene rings is 1. The zero-order chi connectivity index (χ0) is 10.9. The van der Waals surface area contributed by atoms with E-state index in [1.807, 2.05) is 0 Å². The Morgan fingerprint density at radius 1 is 1.47 bits per heavy atom. The fourth-order valence-corrected chi connectivity index (χ4v) is 2.02. The molecule has 0 heterocycles. The quantitative estimate of drug-likeness (QED) is 0.880. The molecule has 1 aliphatic carbocycles. The standard InChI is InChI=1S/C12H17BrN2/c1-9-2-3-11(13)6-10(9)7-15-8-12(14)4-5-12/h2-3,6,15H,4-5,7-8,14H2,1H3. The average molecular weight is 269 g/mol. The molecule has 0 aliphatic heterocycles. The third kappa shape index (κ3) is 3.03. The summed E-state index contributed by atoms with van der Waals surface area (Å²) >= 11 is 3.49. The molecule has 0 bridgehead atoms. The Morgan fingerprint density at radius 2 is 2.20 bits per heavy atom. The van der Waals surface area contributed by atoms with Crippen LogP contribution < -0.4 is 11.1 Å². The Kier molecular flexibility index (Phi) is 3.14. The molecule has 1 fully saturated rings. The highest BCUT2D eigenvalue weighted by Gasteiger charge is 2.37. The van der Waals surface area contributed by atoms with Gasteiger partial charge in [0.25, 0.3) is 0 Å². The van der Waals surface area contributed by atoms with E-state index in [-0.39, 0.29) is 5.54 Å². The normalized spacial score (nSPS) is 17.8. The van der Waals surface area contributed by atoms with Crippen molar-refractivity contribution < 1.29 is 0 Å². The van der Waals surface area contributed by atoms with Crippen molar-refractivity contribution in [1.29, 1.82) is 0 Å². The fraction of sp³-hybridized carbons (Fsp3) is 0.500. The minimum atomic E-state index is 0.0971. The first kappa shape index (κ1) is 11.1. The SMILES string of the molecule is Cc1ccc(Br)cc1CNCC1(N)CC1. The maximum atomic E-state index is 6.01. The van der Waals surface area contributed by atoms with Crippen molar-refractivity contribution >= 4 is 15.9 Å². The third-order valence-electron chi connectivity index (χ3n) is 3.00. The number of hydrogen-bond acceptors (Lipinski definition) is 2. The third-order valence-corrected chi connectivity index (χ3v) is 3.49. The molecule has 0 spiro atoms. The molecular formula is C12H17BrN2. The lowest BCUT2D eigenvalue weighted by Gasteiger charge is -2.12. The highest BCUT2D eigenvalue weighted by Crippen LogP contribution is 2.31. The van der Waals surface area contributed by atoms with Crippen molar-refractivity contribution in [1.82, 2.24) is 5.32 Å². The van der Waals surface area contributed by atoms with E-state index in [4.69, 9.17) is 5.73 Å². The molecule has 0 radical (unpaired) electrons. The minimum absolute atomic E-state index is 0.0971. The predicted octanol–water partition coefficient (Wildman–Crippen LogP) is 2.34. The van der Waals surface area contributed by atoms with Gasteiger partial charge >= 0.3 is 0 Å². The molecular weight excluding hydrogens is 252 g/mol. The molecule has 2 nitrogen and oxygen atoms in total. The van der Waals surface area contributed by atoms with Gasteiger partial charge in [0.1, 0.15) is 0 Å². The minimum Gasteiger partial charge on any atom is -0.324 e. The second kappa shape index (κ2) is 4.24. The van der Waals surface area contributed by atoms with Gasteiger partial charge in [-0.05, 0) is 43.0 Å². The van der Waals surface area contributed by atoms with Crippen molar-refractivity contribution in [3.8, 4) is 0 Å². The first-order valence-electron chi connectivity index (χ1n) is 5.34. The summed E-state index contributed by atoms with van der Waals surface area (Å²) in [5, 5.41) is 3.43. The molecule has 1 saturated carbocycles. The van der Waals surface area contributed by atoms with Crippen LogP contribution in [0.25, 0.3) is 0 Å². The van der Waals surface area contributed by atoms with Crippen LogP contribution in [0.15, 0.2) is 22.7 Å². The lowest BCUT2D eigenvalue weighted by molar-refractivity contribution is 0.568. The summed E-state index contributed by atoms with van der Waals surface area (Å²) in [6.45, 7) is 3.97. The molecule has 1 aliphatic rings. The molecule has 3 N–H and O–H groups in total. The summed E-state index contributed by atoms with van der Waals surface area (Å²) in [5.41, 5.74) is 8.77. The van der Waals surface area contributed by atoms with E-state index in [2.05, 4.69) is 46.4 Å². The summed E-state index contributed by atoms with van der Waals surface area (Å²) in [7, 11) is 0. The highest BCUT2D eigenvalue weighted by atomic mass is 79.9. The maximum Gasteiger partial charge on any atom is 0.0282 e. The summed E-state index contributed by atoms with van der Waals surface area (Å²) in [6.07, 6.45) is 2.33. The van der Waals surface area contributed by atoms with Crippen LogP contribution in [0.5, 0.6) is 0 Å². The van der Waals surface area contributed by atoms with Crippen LogP contribution in [0.4, 0.5) is 0 Å². The summed E-state index contributed by atoms with van der Waals surface area (Å²) in [4.78, 5) is 0. The molecule has 82 valence electrons. The average Bonchev–Trinajstić information content (AvgIpc) is 2.90. The lowest BCUT2D eigenvalue weighted by Crippen LogP contribution is -2.35. The van der Waals surface area contributed by atoms with E-state index in [9.17, 15) is 0 Å². The molecule has 3 heteroatoms. The van der Waals surface area contributed by atoms with Crippen LogP contribution in [-0.4, -0.2) is 12.1 Å². The molecule has 2 rings (SSSR count). The van der Waals surface area contributed by atoms with Crippen LogP contribution in [0.3, 0.4) is 0 Å². The zero-order valence-corrected chi connectivity index (χ0v) is 10.6. The smallest absolute Gasteiger partial charge is 0.0282 e. The van der Waals surface area contributed by atoms with E-state index < -0.39 is 0 Å². The van der Waals surface area contributed by atoms with Crippen LogP contribution in [0.1, 0.15) is 24.0 Å². The Morgan fingerprint density at radius 3 is 2.87 bits per heavy atom. The van der Waals surface area contributed by atoms with Crippen molar-refractivity contribution in [2.24, 2.45) is 5.73 Å². The van der Waals surface area contributed by atoms with E-state index in [1.165, 1.54) is 11.1 Å². The molecule has 0 atom stereocenters. The van der Waals surface area contributed by atoms with Gasteiger partial charge in [-0.2, -0.15) is 0 Å². The number of aryl methyl sites for hydroxylation is 1. The Bertz CT molecular complexity index is 359. The topological polar surface area (TPSA) is 38.0 Å². The zero-order valence-electron chi connectivity index (χ0n) is 9.02. The predicted molar refractivity (Wildman–Crippen MR) is 66.7 cm³/mol. The van der Waals surface area contributed by atoms with Gasteiger partial charge in [0.05, 0.1) is 0 Å². The van der Waals surface area contributed by atoms with Gasteiger partial charge < -0.3 is 11.1 Å². The number of rotatable bonds is 4. The maximum absolute atomic E-state index is 6.01. The monoisotopic (exact) mass is 268 g/mol. The van der Waals surface area contributed by atoms with E-state index in [0.717, 1.165) is 30.4 Å². The first-order valence-corrected chi connectivity index (χ1v) is 6.13. The van der Waals surface area contributed by atoms with Crippen molar-refractivity contribution in [3.63, 3.8) is 0 Å². The van der Waals surface area contributed by atoms with Crippen LogP contribution in [-0.2, 0) is 6.54 Å². The highest BCUT2D eigenvalue weighted by molar-refractivity contribution is 9.10. The second-order valence-electron chi connectivity index (χ2n) is 4.54. The molecule has 1 aromatic carbocycles.